The molecule has 0 fully saturated rings. The topological polar surface area (TPSA) is 71.2 Å². The van der Waals surface area contributed by atoms with E-state index in [1.165, 1.54) is 12.1 Å². The summed E-state index contributed by atoms with van der Waals surface area (Å²) in [5, 5.41) is 17.3. The van der Waals surface area contributed by atoms with Crippen molar-refractivity contribution in [3.63, 3.8) is 0 Å². The predicted molar refractivity (Wildman–Crippen MR) is 78.5 cm³/mol. The van der Waals surface area contributed by atoms with E-state index in [0.29, 0.717) is 23.3 Å². The molecule has 0 aliphatic rings. The number of carbonyl (C=O) groups is 1. The standard InChI is InChI=1S/C13H15FN4O2S/c1-3-18-12(15-16-13(18)21-8-11(19)20)17(2)10-6-4-5-9(14)7-10/h4-7H,3,8H2,1-2H3,(H,19,20). The third-order valence-electron chi connectivity index (χ3n) is 2.83. The Morgan fingerprint density at radius 1 is 1.48 bits per heavy atom. The highest BCUT2D eigenvalue weighted by Crippen LogP contribution is 2.26. The molecule has 0 unspecified atom stereocenters. The van der Waals surface area contributed by atoms with Crippen molar-refractivity contribution in [2.75, 3.05) is 17.7 Å². The quantitative estimate of drug-likeness (QED) is 0.826. The number of carboxylic acids is 1. The minimum atomic E-state index is -0.911. The average molecular weight is 310 g/mol. The second-order valence-corrected chi connectivity index (χ2v) is 5.19. The molecule has 0 amide bonds. The van der Waals surface area contributed by atoms with E-state index in [9.17, 15) is 9.18 Å². The van der Waals surface area contributed by atoms with Gasteiger partial charge in [-0.1, -0.05) is 17.8 Å². The molecule has 2 aromatic rings. The van der Waals surface area contributed by atoms with Gasteiger partial charge in [0.05, 0.1) is 5.75 Å². The van der Waals surface area contributed by atoms with Crippen molar-refractivity contribution in [3.8, 4) is 0 Å². The number of rotatable bonds is 6. The summed E-state index contributed by atoms with van der Waals surface area (Å²) in [5.41, 5.74) is 0.645. The van der Waals surface area contributed by atoms with Crippen LogP contribution in [0.15, 0.2) is 29.4 Å². The number of nitrogens with zero attached hydrogens (tertiary/aromatic N) is 4. The van der Waals surface area contributed by atoms with Crippen molar-refractivity contribution in [2.24, 2.45) is 0 Å². The first kappa shape index (κ1) is 15.3. The summed E-state index contributed by atoms with van der Waals surface area (Å²) in [6, 6.07) is 6.16. The van der Waals surface area contributed by atoms with Gasteiger partial charge < -0.3 is 10.0 Å². The summed E-state index contributed by atoms with van der Waals surface area (Å²) < 4.78 is 15.1. The van der Waals surface area contributed by atoms with Gasteiger partial charge in [0.2, 0.25) is 5.95 Å². The minimum Gasteiger partial charge on any atom is -0.481 e. The molecule has 1 aromatic carbocycles. The van der Waals surface area contributed by atoms with Crippen LogP contribution >= 0.6 is 11.8 Å². The molecular formula is C13H15FN4O2S. The lowest BCUT2D eigenvalue weighted by atomic mass is 10.3. The average Bonchev–Trinajstić information content (AvgIpc) is 2.87. The Balaban J connectivity index is 2.29. The van der Waals surface area contributed by atoms with E-state index < -0.39 is 5.97 Å². The molecule has 1 heterocycles. The van der Waals surface area contributed by atoms with Gasteiger partial charge >= 0.3 is 5.97 Å². The number of carboxylic acid groups (broad SMARTS) is 1. The van der Waals surface area contributed by atoms with Gasteiger partial charge in [-0.3, -0.25) is 9.36 Å². The van der Waals surface area contributed by atoms with E-state index in [2.05, 4.69) is 10.2 Å². The molecule has 1 aromatic heterocycles. The van der Waals surface area contributed by atoms with Crippen LogP contribution in [0.1, 0.15) is 6.92 Å². The maximum Gasteiger partial charge on any atom is 0.313 e. The number of hydrogen-bond donors (Lipinski definition) is 1. The van der Waals surface area contributed by atoms with Crippen LogP contribution in [0.3, 0.4) is 0 Å². The molecule has 1 N–H and O–H groups in total. The first-order valence-corrected chi connectivity index (χ1v) is 7.28. The van der Waals surface area contributed by atoms with Gasteiger partial charge in [0.1, 0.15) is 5.82 Å². The lowest BCUT2D eigenvalue weighted by molar-refractivity contribution is -0.133. The van der Waals surface area contributed by atoms with Crippen molar-refractivity contribution >= 4 is 29.4 Å². The van der Waals surface area contributed by atoms with Gasteiger partial charge in [-0.15, -0.1) is 10.2 Å². The monoisotopic (exact) mass is 310 g/mol. The van der Waals surface area contributed by atoms with Crippen LogP contribution in [0, 0.1) is 5.82 Å². The maximum absolute atomic E-state index is 13.3. The van der Waals surface area contributed by atoms with E-state index in [4.69, 9.17) is 5.11 Å². The molecule has 0 aliphatic carbocycles. The Kier molecular flexibility index (Phi) is 4.79. The van der Waals surface area contributed by atoms with Crippen molar-refractivity contribution < 1.29 is 14.3 Å². The fourth-order valence-corrected chi connectivity index (χ4v) is 2.56. The van der Waals surface area contributed by atoms with Crippen LogP contribution < -0.4 is 4.90 Å². The number of hydrogen-bond acceptors (Lipinski definition) is 5. The third-order valence-corrected chi connectivity index (χ3v) is 3.79. The van der Waals surface area contributed by atoms with Crippen LogP contribution in [0.25, 0.3) is 0 Å². The second kappa shape index (κ2) is 6.57. The molecule has 0 bridgehead atoms. The van der Waals surface area contributed by atoms with E-state index >= 15 is 0 Å². The number of aromatic nitrogens is 3. The largest absolute Gasteiger partial charge is 0.481 e. The number of benzene rings is 1. The van der Waals surface area contributed by atoms with Crippen LogP contribution in [0.5, 0.6) is 0 Å². The Hall–Kier alpha value is -2.09. The SMILES string of the molecule is CCn1c(SCC(=O)O)nnc1N(C)c1cccc(F)c1. The first-order valence-electron chi connectivity index (χ1n) is 6.30. The van der Waals surface area contributed by atoms with Crippen LogP contribution in [0.4, 0.5) is 16.0 Å². The minimum absolute atomic E-state index is 0.0815. The highest BCUT2D eigenvalue weighted by Gasteiger charge is 2.17. The van der Waals surface area contributed by atoms with Gasteiger partial charge in [0.15, 0.2) is 5.16 Å². The van der Waals surface area contributed by atoms with Gasteiger partial charge in [-0.25, -0.2) is 4.39 Å². The Labute approximate surface area is 125 Å². The predicted octanol–water partition coefficient (Wildman–Crippen LogP) is 2.38. The Morgan fingerprint density at radius 3 is 2.86 bits per heavy atom. The lowest BCUT2D eigenvalue weighted by Crippen LogP contribution is -2.16. The van der Waals surface area contributed by atoms with Crippen molar-refractivity contribution in [2.45, 2.75) is 18.6 Å². The second-order valence-electron chi connectivity index (χ2n) is 4.25. The molecular weight excluding hydrogens is 295 g/mol. The molecule has 0 atom stereocenters. The number of aliphatic carboxylic acids is 1. The van der Waals surface area contributed by atoms with Gasteiger partial charge in [-0.2, -0.15) is 0 Å². The van der Waals surface area contributed by atoms with Crippen LogP contribution in [0.2, 0.25) is 0 Å². The molecule has 21 heavy (non-hydrogen) atoms. The summed E-state index contributed by atoms with van der Waals surface area (Å²) in [5.74, 6) is -0.786. The number of halogens is 1. The van der Waals surface area contributed by atoms with Gasteiger partial charge in [-0.05, 0) is 25.1 Å². The fourth-order valence-electron chi connectivity index (χ4n) is 1.84. The van der Waals surface area contributed by atoms with E-state index in [0.717, 1.165) is 11.8 Å². The smallest absolute Gasteiger partial charge is 0.313 e. The normalized spacial score (nSPS) is 10.6. The number of anilines is 2. The molecule has 112 valence electrons. The fraction of sp³-hybridized carbons (Fsp3) is 0.308. The highest BCUT2D eigenvalue weighted by molar-refractivity contribution is 7.99. The summed E-state index contributed by atoms with van der Waals surface area (Å²) in [6.07, 6.45) is 0. The molecule has 0 saturated carbocycles. The molecule has 8 heteroatoms. The summed E-state index contributed by atoms with van der Waals surface area (Å²) >= 11 is 1.11. The van der Waals surface area contributed by atoms with E-state index in [1.54, 1.807) is 28.6 Å². The third kappa shape index (κ3) is 3.52. The summed E-state index contributed by atoms with van der Waals surface area (Å²) in [6.45, 7) is 2.50. The molecule has 6 nitrogen and oxygen atoms in total. The molecule has 0 aliphatic heterocycles. The number of thioether (sulfide) groups is 1. The van der Waals surface area contributed by atoms with Crippen molar-refractivity contribution in [1.82, 2.24) is 14.8 Å². The molecule has 0 spiro atoms. The van der Waals surface area contributed by atoms with Gasteiger partial charge in [0, 0.05) is 19.3 Å². The summed E-state index contributed by atoms with van der Waals surface area (Å²) in [7, 11) is 1.76. The maximum atomic E-state index is 13.3. The summed E-state index contributed by atoms with van der Waals surface area (Å²) in [4.78, 5) is 12.4. The lowest BCUT2D eigenvalue weighted by Gasteiger charge is -2.19. The molecule has 0 radical (unpaired) electrons. The zero-order valence-electron chi connectivity index (χ0n) is 11.7. The molecule has 0 saturated heterocycles. The van der Waals surface area contributed by atoms with Crippen molar-refractivity contribution in [3.05, 3.63) is 30.1 Å². The molecule has 2 rings (SSSR count). The first-order chi connectivity index (χ1) is 10.0. The zero-order chi connectivity index (χ0) is 15.4. The Morgan fingerprint density at radius 2 is 2.24 bits per heavy atom. The van der Waals surface area contributed by atoms with E-state index in [1.807, 2.05) is 6.92 Å². The van der Waals surface area contributed by atoms with Gasteiger partial charge in [0.25, 0.3) is 0 Å². The highest BCUT2D eigenvalue weighted by atomic mass is 32.2. The van der Waals surface area contributed by atoms with Crippen molar-refractivity contribution in [1.29, 1.82) is 0 Å². The van der Waals surface area contributed by atoms with Crippen LogP contribution in [-0.4, -0.2) is 38.6 Å². The Bertz CT molecular complexity index is 647. The zero-order valence-corrected chi connectivity index (χ0v) is 12.5. The van der Waals surface area contributed by atoms with E-state index in [-0.39, 0.29) is 11.6 Å². The van der Waals surface area contributed by atoms with Crippen LogP contribution in [-0.2, 0) is 11.3 Å².